The van der Waals surface area contributed by atoms with Gasteiger partial charge >= 0.3 is 6.18 Å². The number of hydrogen-bond donors (Lipinski definition) is 1. The molecule has 0 aromatic heterocycles. The van der Waals surface area contributed by atoms with E-state index in [2.05, 4.69) is 4.90 Å². The Bertz CT molecular complexity index is 443. The summed E-state index contributed by atoms with van der Waals surface area (Å²) >= 11 is 0. The minimum Gasteiger partial charge on any atom is -0.387 e. The number of halogens is 3. The second-order valence-electron chi connectivity index (χ2n) is 5.43. The van der Waals surface area contributed by atoms with Crippen molar-refractivity contribution in [2.45, 2.75) is 32.0 Å². The van der Waals surface area contributed by atoms with Gasteiger partial charge in [-0.1, -0.05) is 19.1 Å². The molecule has 1 aromatic carbocycles. The molecule has 0 amide bonds. The van der Waals surface area contributed by atoms with Gasteiger partial charge in [0.2, 0.25) is 0 Å². The van der Waals surface area contributed by atoms with Crippen LogP contribution in [0.2, 0.25) is 0 Å². The molecule has 1 N–H and O–H groups in total. The highest BCUT2D eigenvalue weighted by Gasteiger charge is 2.31. The van der Waals surface area contributed by atoms with Crippen LogP contribution < -0.4 is 0 Å². The summed E-state index contributed by atoms with van der Waals surface area (Å²) in [6.07, 6.45) is -2.81. The molecule has 1 saturated carbocycles. The Morgan fingerprint density at radius 3 is 2.60 bits per heavy atom. The summed E-state index contributed by atoms with van der Waals surface area (Å²) in [5, 5.41) is 10.1. The zero-order chi connectivity index (χ0) is 14.8. The predicted octanol–water partition coefficient (Wildman–Crippen LogP) is 3.47. The van der Waals surface area contributed by atoms with E-state index in [9.17, 15) is 18.3 Å². The fourth-order valence-electron chi connectivity index (χ4n) is 2.27. The summed E-state index contributed by atoms with van der Waals surface area (Å²) in [5.74, 6) is 0.698. The molecule has 0 spiro atoms. The van der Waals surface area contributed by atoms with Crippen LogP contribution in [0.4, 0.5) is 13.2 Å². The first-order chi connectivity index (χ1) is 9.40. The van der Waals surface area contributed by atoms with Crippen LogP contribution in [0.3, 0.4) is 0 Å². The minimum atomic E-state index is -4.37. The quantitative estimate of drug-likeness (QED) is 0.866. The zero-order valence-electron chi connectivity index (χ0n) is 11.5. The van der Waals surface area contributed by atoms with Crippen molar-refractivity contribution in [3.63, 3.8) is 0 Å². The molecular formula is C15H20F3NO. The minimum absolute atomic E-state index is 0.328. The Balaban J connectivity index is 2.02. The van der Waals surface area contributed by atoms with Crippen molar-refractivity contribution in [1.29, 1.82) is 0 Å². The number of alkyl halides is 3. The highest BCUT2D eigenvalue weighted by atomic mass is 19.4. The number of likely N-dealkylation sites (N-methyl/N-ethyl adjacent to an activating group) is 1. The van der Waals surface area contributed by atoms with Gasteiger partial charge in [0, 0.05) is 13.1 Å². The van der Waals surface area contributed by atoms with Crippen LogP contribution in [0.15, 0.2) is 24.3 Å². The van der Waals surface area contributed by atoms with Crippen LogP contribution in [0, 0.1) is 5.92 Å². The maximum atomic E-state index is 12.6. The number of benzene rings is 1. The molecule has 112 valence electrons. The van der Waals surface area contributed by atoms with Crippen LogP contribution >= 0.6 is 0 Å². The van der Waals surface area contributed by atoms with Gasteiger partial charge in [-0.3, -0.25) is 0 Å². The van der Waals surface area contributed by atoms with Gasteiger partial charge in [0.05, 0.1) is 11.7 Å². The molecule has 1 aliphatic carbocycles. The normalized spacial score (nSPS) is 17.5. The third-order valence-electron chi connectivity index (χ3n) is 3.69. The second kappa shape index (κ2) is 6.14. The first kappa shape index (κ1) is 15.3. The maximum absolute atomic E-state index is 12.6. The molecule has 1 aromatic rings. The molecule has 1 unspecified atom stereocenters. The lowest BCUT2D eigenvalue weighted by atomic mass is 10.1. The monoisotopic (exact) mass is 287 g/mol. The molecule has 0 aliphatic heterocycles. The lowest BCUT2D eigenvalue weighted by Gasteiger charge is -2.24. The Morgan fingerprint density at radius 1 is 1.35 bits per heavy atom. The van der Waals surface area contributed by atoms with Crippen molar-refractivity contribution in [2.75, 3.05) is 19.6 Å². The number of aliphatic hydroxyl groups excluding tert-OH is 1. The van der Waals surface area contributed by atoms with E-state index in [0.717, 1.165) is 25.2 Å². The first-order valence-corrected chi connectivity index (χ1v) is 6.97. The van der Waals surface area contributed by atoms with E-state index in [1.807, 2.05) is 6.92 Å². The Kier molecular flexibility index (Phi) is 4.70. The molecular weight excluding hydrogens is 267 g/mol. The van der Waals surface area contributed by atoms with Crippen LogP contribution in [-0.2, 0) is 6.18 Å². The summed E-state index contributed by atoms with van der Waals surface area (Å²) in [4.78, 5) is 2.10. The average molecular weight is 287 g/mol. The van der Waals surface area contributed by atoms with Crippen LogP contribution in [0.5, 0.6) is 0 Å². The molecule has 0 saturated heterocycles. The first-order valence-electron chi connectivity index (χ1n) is 6.97. The van der Waals surface area contributed by atoms with Crippen molar-refractivity contribution in [3.05, 3.63) is 35.4 Å². The smallest absolute Gasteiger partial charge is 0.387 e. The third-order valence-corrected chi connectivity index (χ3v) is 3.69. The molecule has 0 heterocycles. The summed E-state index contributed by atoms with van der Waals surface area (Å²) in [5.41, 5.74) is -0.381. The van der Waals surface area contributed by atoms with Gasteiger partial charge in [-0.2, -0.15) is 13.2 Å². The van der Waals surface area contributed by atoms with Crippen molar-refractivity contribution < 1.29 is 18.3 Å². The van der Waals surface area contributed by atoms with E-state index in [-0.39, 0.29) is 0 Å². The number of nitrogens with zero attached hydrogens (tertiary/aromatic N) is 1. The van der Waals surface area contributed by atoms with Gasteiger partial charge in [0.15, 0.2) is 0 Å². The van der Waals surface area contributed by atoms with Gasteiger partial charge < -0.3 is 10.0 Å². The van der Waals surface area contributed by atoms with E-state index in [1.54, 1.807) is 6.07 Å². The largest absolute Gasteiger partial charge is 0.416 e. The van der Waals surface area contributed by atoms with Gasteiger partial charge in [0.1, 0.15) is 0 Å². The van der Waals surface area contributed by atoms with Crippen LogP contribution in [0.1, 0.15) is 37.0 Å². The third kappa shape index (κ3) is 4.21. The van der Waals surface area contributed by atoms with Crippen molar-refractivity contribution in [1.82, 2.24) is 4.90 Å². The van der Waals surface area contributed by atoms with Crippen molar-refractivity contribution in [3.8, 4) is 0 Å². The predicted molar refractivity (Wildman–Crippen MR) is 71.2 cm³/mol. The molecule has 1 fully saturated rings. The standard InChI is InChI=1S/C15H20F3NO/c1-2-19(9-11-6-7-11)10-14(20)12-4-3-5-13(8-12)15(16,17)18/h3-5,8,11,14,20H,2,6-7,9-10H2,1H3. The van der Waals surface area contributed by atoms with Crippen molar-refractivity contribution >= 4 is 0 Å². The summed E-state index contributed by atoms with van der Waals surface area (Å²) < 4.78 is 37.9. The van der Waals surface area contributed by atoms with Crippen molar-refractivity contribution in [2.24, 2.45) is 5.92 Å². The highest BCUT2D eigenvalue weighted by Crippen LogP contribution is 2.32. The second-order valence-corrected chi connectivity index (χ2v) is 5.43. The zero-order valence-corrected chi connectivity index (χ0v) is 11.5. The molecule has 5 heteroatoms. The summed E-state index contributed by atoms with van der Waals surface area (Å²) in [7, 11) is 0. The number of hydrogen-bond acceptors (Lipinski definition) is 2. The highest BCUT2D eigenvalue weighted by molar-refractivity contribution is 5.27. The van der Waals surface area contributed by atoms with Gasteiger partial charge in [-0.15, -0.1) is 0 Å². The topological polar surface area (TPSA) is 23.5 Å². The lowest BCUT2D eigenvalue weighted by molar-refractivity contribution is -0.137. The van der Waals surface area contributed by atoms with E-state index in [0.29, 0.717) is 18.0 Å². The maximum Gasteiger partial charge on any atom is 0.416 e. The molecule has 20 heavy (non-hydrogen) atoms. The van der Waals surface area contributed by atoms with E-state index >= 15 is 0 Å². The average Bonchev–Trinajstić information content (AvgIpc) is 3.21. The fraction of sp³-hybridized carbons (Fsp3) is 0.600. The molecule has 2 rings (SSSR count). The Labute approximate surface area is 117 Å². The SMILES string of the molecule is CCN(CC1CC1)CC(O)c1cccc(C(F)(F)F)c1. The van der Waals surface area contributed by atoms with E-state index in [1.165, 1.54) is 18.9 Å². The number of rotatable bonds is 6. The molecule has 2 nitrogen and oxygen atoms in total. The fourth-order valence-corrected chi connectivity index (χ4v) is 2.27. The Hall–Kier alpha value is -1.07. The number of aliphatic hydroxyl groups is 1. The van der Waals surface area contributed by atoms with Crippen LogP contribution in [-0.4, -0.2) is 29.6 Å². The lowest BCUT2D eigenvalue weighted by Crippen LogP contribution is -2.30. The summed E-state index contributed by atoms with van der Waals surface area (Å²) in [6, 6.07) is 4.96. The van der Waals surface area contributed by atoms with E-state index in [4.69, 9.17) is 0 Å². The van der Waals surface area contributed by atoms with Gasteiger partial charge in [-0.25, -0.2) is 0 Å². The Morgan fingerprint density at radius 2 is 2.05 bits per heavy atom. The molecule has 0 radical (unpaired) electrons. The van der Waals surface area contributed by atoms with Gasteiger partial charge in [-0.05, 0) is 43.0 Å². The molecule has 1 atom stereocenters. The van der Waals surface area contributed by atoms with Crippen LogP contribution in [0.25, 0.3) is 0 Å². The van der Waals surface area contributed by atoms with E-state index < -0.39 is 17.8 Å². The van der Waals surface area contributed by atoms with Gasteiger partial charge in [0.25, 0.3) is 0 Å². The molecule has 0 bridgehead atoms. The summed E-state index contributed by atoms with van der Waals surface area (Å²) in [6.45, 7) is 4.11. The molecule has 1 aliphatic rings.